The fraction of sp³-hybridized carbons (Fsp3) is 0.481. The zero-order chi connectivity index (χ0) is 23.5. The van der Waals surface area contributed by atoms with Gasteiger partial charge in [-0.2, -0.15) is 0 Å². The van der Waals surface area contributed by atoms with E-state index < -0.39 is 0 Å². The van der Waals surface area contributed by atoms with Crippen LogP contribution in [0.2, 0.25) is 0 Å². The Bertz CT molecular complexity index is 1100. The largest absolute Gasteiger partial charge is 0.483 e. The van der Waals surface area contributed by atoms with Gasteiger partial charge in [0.05, 0.1) is 0 Å². The summed E-state index contributed by atoms with van der Waals surface area (Å²) < 4.78 is 22.2. The summed E-state index contributed by atoms with van der Waals surface area (Å²) in [6, 6.07) is 15.5. The van der Waals surface area contributed by atoms with Gasteiger partial charge in [-0.3, -0.25) is 4.57 Å². The molecule has 0 spiro atoms. The van der Waals surface area contributed by atoms with Crippen LogP contribution in [0.3, 0.4) is 0 Å². The molecule has 5 rings (SSSR count). The van der Waals surface area contributed by atoms with Crippen LogP contribution in [0.5, 0.6) is 5.75 Å². The van der Waals surface area contributed by atoms with Gasteiger partial charge in [0.15, 0.2) is 22.5 Å². The maximum atomic E-state index is 14.1. The number of rotatable bonds is 10. The van der Waals surface area contributed by atoms with Crippen LogP contribution in [0.15, 0.2) is 58.6 Å². The van der Waals surface area contributed by atoms with E-state index in [1.807, 2.05) is 11.8 Å². The molecule has 1 aromatic heterocycles. The van der Waals surface area contributed by atoms with Crippen LogP contribution in [-0.2, 0) is 6.61 Å². The minimum absolute atomic E-state index is 0.220. The number of halogens is 1. The molecule has 4 nitrogen and oxygen atoms in total. The molecule has 0 radical (unpaired) electrons. The number of benzene rings is 2. The lowest BCUT2D eigenvalue weighted by molar-refractivity contribution is 0.215. The Morgan fingerprint density at radius 2 is 1.82 bits per heavy atom. The van der Waals surface area contributed by atoms with E-state index in [0.717, 1.165) is 34.3 Å². The molecule has 0 aliphatic heterocycles. The van der Waals surface area contributed by atoms with E-state index in [9.17, 15) is 4.39 Å². The van der Waals surface area contributed by atoms with E-state index in [1.54, 1.807) is 30.0 Å². The molecule has 2 fully saturated rings. The van der Waals surface area contributed by atoms with Crippen molar-refractivity contribution in [1.82, 2.24) is 14.8 Å². The van der Waals surface area contributed by atoms with Crippen LogP contribution in [0.4, 0.5) is 4.39 Å². The highest BCUT2D eigenvalue weighted by atomic mass is 32.2. The summed E-state index contributed by atoms with van der Waals surface area (Å²) in [7, 11) is 0. The van der Waals surface area contributed by atoms with Crippen molar-refractivity contribution in [2.75, 3.05) is 11.5 Å². The number of fused-ring (bicyclic) bond motifs is 2. The molecule has 2 aromatic carbocycles. The van der Waals surface area contributed by atoms with Crippen molar-refractivity contribution in [1.29, 1.82) is 0 Å². The predicted molar refractivity (Wildman–Crippen MR) is 137 cm³/mol. The van der Waals surface area contributed by atoms with Crippen LogP contribution in [-0.4, -0.2) is 26.3 Å². The molecule has 2 saturated carbocycles. The normalized spacial score (nSPS) is 22.3. The fourth-order valence-corrected chi connectivity index (χ4v) is 7.54. The van der Waals surface area contributed by atoms with E-state index >= 15 is 0 Å². The van der Waals surface area contributed by atoms with E-state index in [2.05, 4.69) is 52.9 Å². The monoisotopic (exact) mass is 497 g/mol. The molecule has 3 aromatic rings. The standard InChI is InChI=1S/C27H32FN3OS2/c1-18-7-11-22(12-8-18)33-13-14-34-27-30-29-26(17-32-25-6-4-3-5-24(25)28)31(27)19(2)23-16-20-9-10-21(23)15-20/h3-8,11-12,19-21,23H,9-10,13-17H2,1-2H3/t19-,20-,21-,23-/m0/s1. The van der Waals surface area contributed by atoms with Gasteiger partial charge in [0.25, 0.3) is 0 Å². The molecule has 0 amide bonds. The van der Waals surface area contributed by atoms with Crippen LogP contribution < -0.4 is 4.74 Å². The minimum Gasteiger partial charge on any atom is -0.483 e. The minimum atomic E-state index is -0.350. The van der Waals surface area contributed by atoms with Gasteiger partial charge in [-0.15, -0.1) is 22.0 Å². The Hall–Kier alpha value is -1.99. The maximum Gasteiger partial charge on any atom is 0.191 e. The lowest BCUT2D eigenvalue weighted by atomic mass is 9.84. The summed E-state index contributed by atoms with van der Waals surface area (Å²) in [4.78, 5) is 1.29. The molecular weight excluding hydrogens is 465 g/mol. The van der Waals surface area contributed by atoms with Crippen molar-refractivity contribution in [3.8, 4) is 5.75 Å². The van der Waals surface area contributed by atoms with Crippen LogP contribution in [0.1, 0.15) is 50.0 Å². The second kappa shape index (κ2) is 10.7. The first-order chi connectivity index (χ1) is 16.6. The summed E-state index contributed by atoms with van der Waals surface area (Å²) in [5.41, 5.74) is 1.28. The third-order valence-corrected chi connectivity index (χ3v) is 9.57. The third kappa shape index (κ3) is 5.30. The van der Waals surface area contributed by atoms with Crippen LogP contribution in [0, 0.1) is 30.5 Å². The Labute approximate surface area is 210 Å². The quantitative estimate of drug-likeness (QED) is 0.219. The first kappa shape index (κ1) is 23.7. The Morgan fingerprint density at radius 1 is 1.03 bits per heavy atom. The molecule has 2 bridgehead atoms. The molecular formula is C27H32FN3OS2. The molecule has 2 aliphatic carbocycles. The van der Waals surface area contributed by atoms with Crippen molar-refractivity contribution in [3.05, 3.63) is 65.7 Å². The molecule has 0 saturated heterocycles. The van der Waals surface area contributed by atoms with Crippen molar-refractivity contribution in [2.24, 2.45) is 17.8 Å². The van der Waals surface area contributed by atoms with E-state index in [4.69, 9.17) is 4.74 Å². The zero-order valence-corrected chi connectivity index (χ0v) is 21.5. The molecule has 180 valence electrons. The van der Waals surface area contributed by atoms with E-state index in [-0.39, 0.29) is 18.2 Å². The van der Waals surface area contributed by atoms with Gasteiger partial charge in [0.2, 0.25) is 0 Å². The van der Waals surface area contributed by atoms with Crippen molar-refractivity contribution in [3.63, 3.8) is 0 Å². The van der Waals surface area contributed by atoms with Gasteiger partial charge in [-0.25, -0.2) is 4.39 Å². The first-order valence-electron chi connectivity index (χ1n) is 12.2. The van der Waals surface area contributed by atoms with Crippen molar-refractivity contribution >= 4 is 23.5 Å². The highest BCUT2D eigenvalue weighted by molar-refractivity contribution is 8.02. The Morgan fingerprint density at radius 3 is 2.56 bits per heavy atom. The lowest BCUT2D eigenvalue weighted by Gasteiger charge is -2.30. The summed E-state index contributed by atoms with van der Waals surface area (Å²) in [6.07, 6.45) is 5.40. The highest BCUT2D eigenvalue weighted by Gasteiger charge is 2.43. The van der Waals surface area contributed by atoms with Crippen molar-refractivity contribution < 1.29 is 9.13 Å². The summed E-state index contributed by atoms with van der Waals surface area (Å²) in [6.45, 7) is 4.64. The SMILES string of the molecule is Cc1ccc(SCCSc2nnc(COc3ccccc3F)n2[C@@H](C)[C@@H]2C[C@H]3CC[C@H]2C3)cc1. The number of aryl methyl sites for hydroxylation is 1. The fourth-order valence-electron chi connectivity index (χ4n) is 5.62. The number of ether oxygens (including phenoxy) is 1. The number of aromatic nitrogens is 3. The third-order valence-electron chi connectivity index (χ3n) is 7.35. The van der Waals surface area contributed by atoms with Gasteiger partial charge in [0, 0.05) is 22.4 Å². The Balaban J connectivity index is 1.28. The number of para-hydroxylation sites is 1. The van der Waals surface area contributed by atoms with E-state index in [1.165, 1.54) is 42.2 Å². The predicted octanol–water partition coefficient (Wildman–Crippen LogP) is 7.19. The second-order valence-electron chi connectivity index (χ2n) is 9.58. The molecule has 0 unspecified atom stereocenters. The molecule has 7 heteroatoms. The molecule has 1 heterocycles. The lowest BCUT2D eigenvalue weighted by Crippen LogP contribution is -2.24. The summed E-state index contributed by atoms with van der Waals surface area (Å²) >= 11 is 3.63. The maximum absolute atomic E-state index is 14.1. The Kier molecular flexibility index (Phi) is 7.49. The molecule has 4 atom stereocenters. The van der Waals surface area contributed by atoms with Gasteiger partial charge in [-0.05, 0) is 75.1 Å². The molecule has 2 aliphatic rings. The highest BCUT2D eigenvalue weighted by Crippen LogP contribution is 2.52. The van der Waals surface area contributed by atoms with Crippen LogP contribution in [0.25, 0.3) is 0 Å². The zero-order valence-electron chi connectivity index (χ0n) is 19.8. The molecule has 0 N–H and O–H groups in total. The number of thioether (sulfide) groups is 2. The average molecular weight is 498 g/mol. The smallest absolute Gasteiger partial charge is 0.191 e. The number of hydrogen-bond acceptors (Lipinski definition) is 5. The molecule has 34 heavy (non-hydrogen) atoms. The first-order valence-corrected chi connectivity index (χ1v) is 14.2. The number of nitrogens with zero attached hydrogens (tertiary/aromatic N) is 3. The second-order valence-corrected chi connectivity index (χ2v) is 11.8. The van der Waals surface area contributed by atoms with E-state index in [0.29, 0.717) is 12.0 Å². The van der Waals surface area contributed by atoms with Gasteiger partial charge in [0.1, 0.15) is 6.61 Å². The summed E-state index contributed by atoms with van der Waals surface area (Å²) in [5.74, 6) is 4.99. The van der Waals surface area contributed by atoms with Gasteiger partial charge >= 0.3 is 0 Å². The van der Waals surface area contributed by atoms with Crippen molar-refractivity contribution in [2.45, 2.75) is 62.2 Å². The summed E-state index contributed by atoms with van der Waals surface area (Å²) in [5, 5.41) is 10.0. The van der Waals surface area contributed by atoms with Gasteiger partial charge < -0.3 is 4.74 Å². The average Bonchev–Trinajstić information content (AvgIpc) is 3.58. The van der Waals surface area contributed by atoms with Crippen LogP contribution >= 0.6 is 23.5 Å². The number of hydrogen-bond donors (Lipinski definition) is 0. The van der Waals surface area contributed by atoms with Gasteiger partial charge in [-0.1, -0.05) is 48.0 Å². The topological polar surface area (TPSA) is 39.9 Å².